The molecule has 0 aromatic heterocycles. The van der Waals surface area contributed by atoms with Gasteiger partial charge in [-0.05, 0) is 11.1 Å². The fourth-order valence-corrected chi connectivity index (χ4v) is 1.54. The summed E-state index contributed by atoms with van der Waals surface area (Å²) in [7, 11) is 0. The minimum atomic E-state index is 0.868. The zero-order valence-electron chi connectivity index (χ0n) is 6.66. The average molecular weight is 162 g/mol. The van der Waals surface area contributed by atoms with Crippen LogP contribution >= 0.6 is 0 Å². The molecule has 2 N–H and O–H groups in total. The first-order chi connectivity index (χ1) is 5.90. The summed E-state index contributed by atoms with van der Waals surface area (Å²) in [5, 5.41) is 3.73. The van der Waals surface area contributed by atoms with Gasteiger partial charge in [-0.3, -0.25) is 0 Å². The second-order valence-corrected chi connectivity index (χ2v) is 2.89. The molecule has 0 saturated heterocycles. The van der Waals surface area contributed by atoms with Gasteiger partial charge in [0.05, 0.1) is 5.71 Å². The lowest BCUT2D eigenvalue weighted by Gasteiger charge is -1.92. The van der Waals surface area contributed by atoms with E-state index in [0.29, 0.717) is 0 Å². The lowest BCUT2D eigenvalue weighted by atomic mass is 10.1. The molecule has 12 heavy (non-hydrogen) atoms. The first-order valence-electron chi connectivity index (χ1n) is 3.88. The maximum absolute atomic E-state index is 4.86. The fourth-order valence-electron chi connectivity index (χ4n) is 1.54. The molecule has 0 spiro atoms. The highest BCUT2D eigenvalue weighted by Gasteiger charge is 2.15. The van der Waals surface area contributed by atoms with Crippen molar-refractivity contribution in [3.8, 4) is 0 Å². The minimum Gasteiger partial charge on any atom is -0.303 e. The van der Waals surface area contributed by atoms with E-state index in [1.165, 1.54) is 11.1 Å². The lowest BCUT2D eigenvalue weighted by molar-refractivity contribution is 0.148. The van der Waals surface area contributed by atoms with Gasteiger partial charge in [-0.2, -0.15) is 0 Å². The van der Waals surface area contributed by atoms with Gasteiger partial charge < -0.3 is 4.94 Å². The van der Waals surface area contributed by atoms with Gasteiger partial charge in [0.1, 0.15) is 0 Å². The van der Waals surface area contributed by atoms with Gasteiger partial charge in [0, 0.05) is 12.8 Å². The Labute approximate surface area is 70.8 Å². The minimum absolute atomic E-state index is 0.868. The van der Waals surface area contributed by atoms with E-state index in [0.717, 1.165) is 18.6 Å². The molecule has 1 aromatic rings. The molecule has 1 aliphatic carbocycles. The van der Waals surface area contributed by atoms with Crippen LogP contribution in [0.15, 0.2) is 29.4 Å². The average Bonchev–Trinajstić information content (AvgIpc) is 2.47. The third-order valence-electron chi connectivity index (χ3n) is 2.09. The molecule has 1 aliphatic rings. The van der Waals surface area contributed by atoms with Crippen molar-refractivity contribution in [2.75, 3.05) is 0 Å². The van der Waals surface area contributed by atoms with Gasteiger partial charge in [-0.25, -0.2) is 0 Å². The first kappa shape index (κ1) is 7.31. The molecule has 0 unspecified atom stereocenters. The van der Waals surface area contributed by atoms with Crippen LogP contribution in [-0.2, 0) is 17.8 Å². The third-order valence-corrected chi connectivity index (χ3v) is 2.09. The monoisotopic (exact) mass is 162 g/mol. The number of hydrogen-bond acceptors (Lipinski definition) is 3. The molecule has 3 nitrogen and oxygen atoms in total. The van der Waals surface area contributed by atoms with E-state index in [-0.39, 0.29) is 0 Å². The molecule has 0 bridgehead atoms. The van der Waals surface area contributed by atoms with Crippen LogP contribution in [0.1, 0.15) is 11.1 Å². The highest BCUT2D eigenvalue weighted by molar-refractivity contribution is 5.92. The number of hydrogen-bond donors (Lipinski definition) is 1. The quantitative estimate of drug-likeness (QED) is 0.627. The Morgan fingerprint density at radius 2 is 1.75 bits per heavy atom. The molecule has 2 rings (SSSR count). The summed E-state index contributed by atoms with van der Waals surface area (Å²) in [6, 6.07) is 8.28. The Kier molecular flexibility index (Phi) is 1.80. The van der Waals surface area contributed by atoms with Crippen molar-refractivity contribution in [3.63, 3.8) is 0 Å². The van der Waals surface area contributed by atoms with Crippen LogP contribution in [-0.4, -0.2) is 5.71 Å². The zero-order chi connectivity index (χ0) is 8.39. The second kappa shape index (κ2) is 2.95. The van der Waals surface area contributed by atoms with E-state index in [4.69, 9.17) is 5.90 Å². The number of fused-ring (bicyclic) bond motifs is 1. The van der Waals surface area contributed by atoms with Gasteiger partial charge in [0.25, 0.3) is 0 Å². The van der Waals surface area contributed by atoms with Crippen LogP contribution in [0.3, 0.4) is 0 Å². The summed E-state index contributed by atoms with van der Waals surface area (Å²) in [4.78, 5) is 4.24. The van der Waals surface area contributed by atoms with Crippen LogP contribution in [0, 0.1) is 0 Å². The van der Waals surface area contributed by atoms with Crippen molar-refractivity contribution in [1.82, 2.24) is 0 Å². The first-order valence-corrected chi connectivity index (χ1v) is 3.88. The second-order valence-electron chi connectivity index (χ2n) is 2.89. The van der Waals surface area contributed by atoms with Crippen LogP contribution in [0.25, 0.3) is 0 Å². The Bertz CT molecular complexity index is 293. The van der Waals surface area contributed by atoms with Crippen LogP contribution in [0.5, 0.6) is 0 Å². The maximum atomic E-state index is 4.86. The van der Waals surface area contributed by atoms with Crippen molar-refractivity contribution >= 4 is 5.71 Å². The van der Waals surface area contributed by atoms with Crippen molar-refractivity contribution in [1.29, 1.82) is 0 Å². The molecule has 0 atom stereocenters. The molecule has 1 aromatic carbocycles. The summed E-state index contributed by atoms with van der Waals surface area (Å²) in [5.74, 6) is 4.86. The van der Waals surface area contributed by atoms with E-state index >= 15 is 0 Å². The highest BCUT2D eigenvalue weighted by Crippen LogP contribution is 2.19. The highest BCUT2D eigenvalue weighted by atomic mass is 16.7. The van der Waals surface area contributed by atoms with Crippen LogP contribution in [0.2, 0.25) is 0 Å². The molecular weight excluding hydrogens is 152 g/mol. The Balaban J connectivity index is 2.27. The summed E-state index contributed by atoms with van der Waals surface area (Å²) in [6.45, 7) is 0. The molecule has 0 aliphatic heterocycles. The maximum Gasteiger partial charge on any atom is 0.0684 e. The lowest BCUT2D eigenvalue weighted by Crippen LogP contribution is -2.00. The summed E-state index contributed by atoms with van der Waals surface area (Å²) >= 11 is 0. The standard InChI is InChI=1S/C9H10N2O/c10-12-11-9-5-7-3-1-2-4-8(7)6-9/h1-4H,5-6,10H2. The van der Waals surface area contributed by atoms with E-state index in [2.05, 4.69) is 22.2 Å². The zero-order valence-corrected chi connectivity index (χ0v) is 6.66. The largest absolute Gasteiger partial charge is 0.303 e. The summed E-state index contributed by atoms with van der Waals surface area (Å²) in [5.41, 5.74) is 3.65. The van der Waals surface area contributed by atoms with Crippen molar-refractivity contribution in [2.24, 2.45) is 11.1 Å². The van der Waals surface area contributed by atoms with Crippen molar-refractivity contribution in [2.45, 2.75) is 12.8 Å². The molecule has 0 fully saturated rings. The summed E-state index contributed by atoms with van der Waals surface area (Å²) in [6.07, 6.45) is 1.74. The number of nitrogens with zero attached hydrogens (tertiary/aromatic N) is 1. The summed E-state index contributed by atoms with van der Waals surface area (Å²) < 4.78 is 0. The predicted octanol–water partition coefficient (Wildman–Crippen LogP) is 1.03. The number of oxime groups is 1. The van der Waals surface area contributed by atoms with E-state index < -0.39 is 0 Å². The van der Waals surface area contributed by atoms with E-state index in [9.17, 15) is 0 Å². The molecule has 0 heterocycles. The molecule has 0 amide bonds. The van der Waals surface area contributed by atoms with E-state index in [1.54, 1.807) is 0 Å². The van der Waals surface area contributed by atoms with Gasteiger partial charge >= 0.3 is 0 Å². The Morgan fingerprint density at radius 1 is 1.17 bits per heavy atom. The van der Waals surface area contributed by atoms with Gasteiger partial charge in [-0.15, -0.1) is 5.90 Å². The molecule has 0 saturated carbocycles. The fraction of sp³-hybridized carbons (Fsp3) is 0.222. The molecule has 62 valence electrons. The molecule has 0 radical (unpaired) electrons. The Hall–Kier alpha value is -1.35. The van der Waals surface area contributed by atoms with Crippen molar-refractivity contribution in [3.05, 3.63) is 35.4 Å². The number of rotatable bonds is 1. The normalized spacial score (nSPS) is 14.2. The topological polar surface area (TPSA) is 47.6 Å². The van der Waals surface area contributed by atoms with Crippen LogP contribution < -0.4 is 5.90 Å². The van der Waals surface area contributed by atoms with Crippen molar-refractivity contribution < 1.29 is 4.94 Å². The number of benzene rings is 1. The van der Waals surface area contributed by atoms with Gasteiger partial charge in [-0.1, -0.05) is 29.4 Å². The molecule has 3 heteroatoms. The smallest absolute Gasteiger partial charge is 0.0684 e. The number of nitrogens with two attached hydrogens (primary N) is 1. The van der Waals surface area contributed by atoms with E-state index in [1.807, 2.05) is 12.1 Å². The van der Waals surface area contributed by atoms with Gasteiger partial charge in [0.2, 0.25) is 0 Å². The molecular formula is C9H10N2O. The van der Waals surface area contributed by atoms with Crippen LogP contribution in [0.4, 0.5) is 0 Å². The third kappa shape index (κ3) is 1.19. The SMILES string of the molecule is NON=C1Cc2ccccc2C1. The predicted molar refractivity (Wildman–Crippen MR) is 46.6 cm³/mol. The Morgan fingerprint density at radius 3 is 2.25 bits per heavy atom. The van der Waals surface area contributed by atoms with Gasteiger partial charge in [0.15, 0.2) is 0 Å².